The van der Waals surface area contributed by atoms with E-state index in [0.29, 0.717) is 40.6 Å². The summed E-state index contributed by atoms with van der Waals surface area (Å²) in [5.74, 6) is 1.29. The first-order valence-electron chi connectivity index (χ1n) is 18.6. The van der Waals surface area contributed by atoms with Crippen molar-refractivity contribution in [2.24, 2.45) is 5.73 Å². The summed E-state index contributed by atoms with van der Waals surface area (Å²) < 4.78 is 13.8. The number of carboxylic acid groups (broad SMARTS) is 1. The fraction of sp³-hybridized carbons (Fsp3) is 0.429. The Labute approximate surface area is 337 Å². The third-order valence-corrected chi connectivity index (χ3v) is 12.7. The summed E-state index contributed by atoms with van der Waals surface area (Å²) in [7, 11) is 0. The molecular formula is C42H48Br2N4O7. The van der Waals surface area contributed by atoms with Gasteiger partial charge in [-0.1, -0.05) is 0 Å². The number of nitrogens with one attached hydrogen (secondary N) is 3. The molecule has 2 saturated carbocycles. The zero-order valence-corrected chi connectivity index (χ0v) is 35.2. The summed E-state index contributed by atoms with van der Waals surface area (Å²) in [6.45, 7) is 12.3. The third kappa shape index (κ3) is 8.06. The van der Waals surface area contributed by atoms with Gasteiger partial charge >= 0.3 is 5.97 Å². The van der Waals surface area contributed by atoms with Crippen molar-refractivity contribution in [1.29, 1.82) is 0 Å². The van der Waals surface area contributed by atoms with Gasteiger partial charge in [0.05, 0.1) is 14.5 Å². The van der Waals surface area contributed by atoms with Crippen molar-refractivity contribution in [2.45, 2.75) is 116 Å². The molecule has 0 radical (unpaired) electrons. The molecule has 55 heavy (non-hydrogen) atoms. The van der Waals surface area contributed by atoms with Crippen LogP contribution in [0.15, 0.2) is 54.9 Å². The van der Waals surface area contributed by atoms with Gasteiger partial charge in [0.1, 0.15) is 22.7 Å². The lowest BCUT2D eigenvalue weighted by atomic mass is 9.88. The van der Waals surface area contributed by atoms with Crippen LogP contribution in [-0.2, 0) is 13.1 Å². The molecule has 0 bridgehead atoms. The number of aromatic nitrogens is 2. The van der Waals surface area contributed by atoms with Gasteiger partial charge < -0.3 is 35.6 Å². The number of nitrogens with two attached hydrogens (primary N) is 1. The molecule has 4 aromatic rings. The minimum atomic E-state index is -0.889. The fourth-order valence-corrected chi connectivity index (χ4v) is 9.79. The number of halogens is 2. The van der Waals surface area contributed by atoms with Gasteiger partial charge in [0.2, 0.25) is 0 Å². The molecule has 0 spiro atoms. The molecule has 292 valence electrons. The Bertz CT molecular complexity index is 2300. The Balaban J connectivity index is 0.000000156. The summed E-state index contributed by atoms with van der Waals surface area (Å²) in [6.07, 6.45) is 6.54. The summed E-state index contributed by atoms with van der Waals surface area (Å²) in [6, 6.07) is 11.0. The predicted octanol–water partition coefficient (Wildman–Crippen LogP) is 8.12. The number of aryl methyl sites for hydroxylation is 4. The quantitative estimate of drug-likeness (QED) is 0.134. The van der Waals surface area contributed by atoms with E-state index in [-0.39, 0.29) is 34.8 Å². The normalized spacial score (nSPS) is 22.4. The number of rotatable bonds is 5. The van der Waals surface area contributed by atoms with Gasteiger partial charge in [0, 0.05) is 64.1 Å². The maximum Gasteiger partial charge on any atom is 0.335 e. The van der Waals surface area contributed by atoms with Gasteiger partial charge in [-0.15, -0.1) is 0 Å². The molecule has 2 aromatic carbocycles. The van der Waals surface area contributed by atoms with Crippen LogP contribution in [0.5, 0.6) is 11.5 Å². The Morgan fingerprint density at radius 3 is 1.69 bits per heavy atom. The fourth-order valence-electron chi connectivity index (χ4n) is 8.68. The van der Waals surface area contributed by atoms with Crippen LogP contribution >= 0.6 is 31.9 Å². The Kier molecular flexibility index (Phi) is 11.6. The lowest BCUT2D eigenvalue weighted by Crippen LogP contribution is -2.29. The highest BCUT2D eigenvalue weighted by Crippen LogP contribution is 2.57. The molecule has 8 rings (SSSR count). The number of hydrogen-bond acceptors (Lipinski definition) is 7. The number of aromatic carboxylic acids is 1. The van der Waals surface area contributed by atoms with E-state index < -0.39 is 5.97 Å². The second-order valence-electron chi connectivity index (χ2n) is 15.5. The van der Waals surface area contributed by atoms with Crippen LogP contribution in [0.4, 0.5) is 0 Å². The molecule has 0 saturated heterocycles. The molecule has 2 aliphatic heterocycles. The van der Waals surface area contributed by atoms with E-state index in [2.05, 4.69) is 61.0 Å². The van der Waals surface area contributed by atoms with Crippen molar-refractivity contribution in [3.05, 3.63) is 122 Å². The van der Waals surface area contributed by atoms with Crippen LogP contribution in [0, 0.1) is 27.7 Å². The highest BCUT2D eigenvalue weighted by atomic mass is 79.9. The minimum absolute atomic E-state index is 0.0648. The molecule has 4 aliphatic rings. The topological polar surface area (TPSA) is 177 Å². The average molecular weight is 881 g/mol. The second kappa shape index (κ2) is 15.7. The van der Waals surface area contributed by atoms with Crippen LogP contribution in [-0.4, -0.2) is 38.2 Å². The Morgan fingerprint density at radius 2 is 1.24 bits per heavy atom. The molecule has 2 aromatic heterocycles. The number of H-pyrrole nitrogens is 2. The largest absolute Gasteiger partial charge is 0.485 e. The van der Waals surface area contributed by atoms with E-state index in [9.17, 15) is 19.2 Å². The summed E-state index contributed by atoms with van der Waals surface area (Å²) in [4.78, 5) is 52.6. The molecule has 2 fully saturated rings. The molecule has 4 heterocycles. The highest BCUT2D eigenvalue weighted by molar-refractivity contribution is 9.11. The molecule has 1 amide bonds. The van der Waals surface area contributed by atoms with Gasteiger partial charge in [-0.05, 0) is 159 Å². The SMILES string of the molecule is C[C@]12CCC[C@H]1c1cc(C(=O)O)cc(Br)c1O2.Cc1cc(C)c(CN)c(=O)[nH]1.Cc1cc(C)c(CNC(=O)c2cc(Br)c3c(c2)[C@@H]2CCC[C@]2(C)O3)c(=O)[nH]1. The standard InChI is InChI=1S/C21H23BrN2O3.C13H13BrO3.C8H12N2O/c1-11-7-12(2)24-20(26)15(11)10-23-19(25)13-8-14-16-5-4-6-21(16,3)27-18(14)17(22)9-13;1-13-4-2-3-9(13)8-5-7(12(15)16)6-10(14)11(8)17-13;1-5-3-6(2)10-8(11)7(5)4-9/h7-9,16H,4-6,10H2,1-3H3,(H,23,25)(H,24,26);5-6,9H,2-4H2,1H3,(H,15,16);3H,4,9H2,1-2H3,(H,10,11)/t16-,21-;9-,13-;/m00./s1. The van der Waals surface area contributed by atoms with Crippen LogP contribution in [0.25, 0.3) is 0 Å². The van der Waals surface area contributed by atoms with Gasteiger partial charge in [-0.25, -0.2) is 4.79 Å². The monoisotopic (exact) mass is 878 g/mol. The number of carbonyl (C=O) groups excluding carboxylic acids is 1. The first-order valence-corrected chi connectivity index (χ1v) is 20.2. The van der Waals surface area contributed by atoms with E-state index in [1.165, 1.54) is 0 Å². The maximum atomic E-state index is 12.7. The van der Waals surface area contributed by atoms with Gasteiger partial charge in [-0.2, -0.15) is 0 Å². The van der Waals surface area contributed by atoms with Crippen molar-refractivity contribution in [1.82, 2.24) is 15.3 Å². The smallest absolute Gasteiger partial charge is 0.335 e. The van der Waals surface area contributed by atoms with E-state index >= 15 is 0 Å². The molecule has 0 unspecified atom stereocenters. The van der Waals surface area contributed by atoms with Crippen molar-refractivity contribution < 1.29 is 24.2 Å². The average Bonchev–Trinajstić information content (AvgIpc) is 3.82. The highest BCUT2D eigenvalue weighted by Gasteiger charge is 2.50. The van der Waals surface area contributed by atoms with Crippen LogP contribution < -0.4 is 31.6 Å². The van der Waals surface area contributed by atoms with Crippen molar-refractivity contribution in [3.63, 3.8) is 0 Å². The Morgan fingerprint density at radius 1 is 0.782 bits per heavy atom. The van der Waals surface area contributed by atoms with Crippen molar-refractivity contribution in [2.75, 3.05) is 0 Å². The van der Waals surface area contributed by atoms with Crippen molar-refractivity contribution >= 4 is 43.7 Å². The first-order chi connectivity index (χ1) is 25.9. The van der Waals surface area contributed by atoms with Crippen LogP contribution in [0.1, 0.15) is 130 Å². The number of hydrogen-bond donors (Lipinski definition) is 5. The molecule has 13 heteroatoms. The number of fused-ring (bicyclic) bond motifs is 6. The van der Waals surface area contributed by atoms with E-state index in [1.54, 1.807) is 18.2 Å². The number of aromatic amines is 2. The zero-order chi connectivity index (χ0) is 40.0. The summed E-state index contributed by atoms with van der Waals surface area (Å²) in [5, 5.41) is 12.0. The lowest BCUT2D eigenvalue weighted by Gasteiger charge is -2.23. The molecule has 11 nitrogen and oxygen atoms in total. The Hall–Kier alpha value is -4.20. The number of benzene rings is 2. The number of pyridine rings is 2. The second-order valence-corrected chi connectivity index (χ2v) is 17.3. The minimum Gasteiger partial charge on any atom is -0.485 e. The zero-order valence-electron chi connectivity index (χ0n) is 32.0. The molecule has 4 atom stereocenters. The van der Waals surface area contributed by atoms with Gasteiger partial charge in [-0.3, -0.25) is 14.4 Å². The number of carbonyl (C=O) groups is 2. The summed E-state index contributed by atoms with van der Waals surface area (Å²) >= 11 is 6.98. The lowest BCUT2D eigenvalue weighted by molar-refractivity contribution is 0.0696. The van der Waals surface area contributed by atoms with Crippen LogP contribution in [0.3, 0.4) is 0 Å². The summed E-state index contributed by atoms with van der Waals surface area (Å²) in [5.41, 5.74) is 12.7. The number of amides is 1. The molecule has 2 aliphatic carbocycles. The first kappa shape index (κ1) is 40.5. The predicted molar refractivity (Wildman–Crippen MR) is 219 cm³/mol. The third-order valence-electron chi connectivity index (χ3n) is 11.5. The molecular weight excluding hydrogens is 832 g/mol. The number of carboxylic acids is 1. The molecule has 6 N–H and O–H groups in total. The maximum absolute atomic E-state index is 12.7. The van der Waals surface area contributed by atoms with Crippen molar-refractivity contribution in [3.8, 4) is 11.5 Å². The van der Waals surface area contributed by atoms with Gasteiger partial charge in [0.15, 0.2) is 0 Å². The van der Waals surface area contributed by atoms with E-state index in [4.69, 9.17) is 20.3 Å². The van der Waals surface area contributed by atoms with Gasteiger partial charge in [0.25, 0.3) is 17.0 Å². The van der Waals surface area contributed by atoms with E-state index in [1.807, 2.05) is 45.9 Å². The van der Waals surface area contributed by atoms with E-state index in [0.717, 1.165) is 92.6 Å². The van der Waals surface area contributed by atoms with Crippen LogP contribution in [0.2, 0.25) is 0 Å². The number of ether oxygens (including phenoxy) is 2.